The second-order valence-electron chi connectivity index (χ2n) is 4.37. The van der Waals surface area contributed by atoms with Gasteiger partial charge in [0.05, 0.1) is 5.69 Å². The minimum atomic E-state index is 0.0517. The van der Waals surface area contributed by atoms with Gasteiger partial charge in [0.2, 0.25) is 0 Å². The molecule has 17 heavy (non-hydrogen) atoms. The lowest BCUT2D eigenvalue weighted by Crippen LogP contribution is -2.03. The molecule has 0 unspecified atom stereocenters. The van der Waals surface area contributed by atoms with Crippen molar-refractivity contribution in [3.8, 4) is 11.3 Å². The van der Waals surface area contributed by atoms with Crippen LogP contribution in [0.25, 0.3) is 11.3 Å². The minimum Gasteiger partial charge on any atom is -0.293 e. The molecule has 0 spiro atoms. The maximum absolute atomic E-state index is 11.5. The summed E-state index contributed by atoms with van der Waals surface area (Å²) in [6.07, 6.45) is 0. The second kappa shape index (κ2) is 4.17. The van der Waals surface area contributed by atoms with Gasteiger partial charge < -0.3 is 0 Å². The van der Waals surface area contributed by atoms with Crippen molar-refractivity contribution in [1.82, 2.24) is 9.78 Å². The Labute approximate surface area is 101 Å². The third-order valence-electron chi connectivity index (χ3n) is 2.94. The van der Waals surface area contributed by atoms with E-state index in [1.807, 2.05) is 19.1 Å². The first-order valence-corrected chi connectivity index (χ1v) is 5.62. The van der Waals surface area contributed by atoms with Gasteiger partial charge in [-0.1, -0.05) is 29.8 Å². The lowest BCUT2D eigenvalue weighted by molar-refractivity contribution is 0.100. The first-order chi connectivity index (χ1) is 8.00. The zero-order valence-electron chi connectivity index (χ0n) is 10.6. The Morgan fingerprint density at radius 2 is 1.76 bits per heavy atom. The summed E-state index contributed by atoms with van der Waals surface area (Å²) in [4.78, 5) is 11.5. The van der Waals surface area contributed by atoms with Crippen LogP contribution in [0.1, 0.15) is 28.5 Å². The molecule has 0 amide bonds. The van der Waals surface area contributed by atoms with Crippen molar-refractivity contribution in [2.75, 3.05) is 0 Å². The topological polar surface area (TPSA) is 34.9 Å². The molecule has 0 aliphatic heterocycles. The number of carbonyl (C=O) groups is 1. The van der Waals surface area contributed by atoms with E-state index in [0.717, 1.165) is 16.8 Å². The van der Waals surface area contributed by atoms with Crippen LogP contribution in [0.5, 0.6) is 0 Å². The summed E-state index contributed by atoms with van der Waals surface area (Å²) in [5.74, 6) is 0.0517. The second-order valence-corrected chi connectivity index (χ2v) is 4.37. The molecule has 2 aromatic rings. The average molecular weight is 228 g/mol. The number of Topliss-reactive ketones (excluding diaryl/α,β-unsaturated/α-hetero) is 1. The first-order valence-electron chi connectivity index (χ1n) is 5.62. The molecule has 0 saturated carbocycles. The molecule has 1 aromatic heterocycles. The van der Waals surface area contributed by atoms with Gasteiger partial charge in [0.25, 0.3) is 0 Å². The van der Waals surface area contributed by atoms with Crippen LogP contribution in [0.3, 0.4) is 0 Å². The van der Waals surface area contributed by atoms with E-state index in [4.69, 9.17) is 0 Å². The number of hydrogen-bond acceptors (Lipinski definition) is 2. The Morgan fingerprint density at radius 3 is 2.24 bits per heavy atom. The van der Waals surface area contributed by atoms with E-state index in [1.54, 1.807) is 18.7 Å². The summed E-state index contributed by atoms with van der Waals surface area (Å²) >= 11 is 0. The molecule has 1 aromatic carbocycles. The summed E-state index contributed by atoms with van der Waals surface area (Å²) in [5, 5.41) is 4.43. The van der Waals surface area contributed by atoms with Gasteiger partial charge >= 0.3 is 0 Å². The molecule has 88 valence electrons. The fraction of sp³-hybridized carbons (Fsp3) is 0.286. The van der Waals surface area contributed by atoms with E-state index in [9.17, 15) is 4.79 Å². The smallest absolute Gasteiger partial charge is 0.178 e. The Bertz CT molecular complexity index is 565. The third kappa shape index (κ3) is 2.00. The molecule has 0 aliphatic rings. The zero-order valence-corrected chi connectivity index (χ0v) is 10.6. The monoisotopic (exact) mass is 228 g/mol. The quantitative estimate of drug-likeness (QED) is 0.741. The van der Waals surface area contributed by atoms with E-state index in [0.29, 0.717) is 5.69 Å². The summed E-state index contributed by atoms with van der Waals surface area (Å²) < 4.78 is 1.66. The molecule has 0 radical (unpaired) electrons. The largest absolute Gasteiger partial charge is 0.293 e. The number of hydrogen-bond donors (Lipinski definition) is 0. The van der Waals surface area contributed by atoms with E-state index < -0.39 is 0 Å². The summed E-state index contributed by atoms with van der Waals surface area (Å²) in [6, 6.07) is 8.18. The van der Waals surface area contributed by atoms with Crippen molar-refractivity contribution >= 4 is 5.78 Å². The molecule has 3 nitrogen and oxygen atoms in total. The number of rotatable bonds is 2. The van der Waals surface area contributed by atoms with Crippen LogP contribution in [-0.4, -0.2) is 15.6 Å². The average Bonchev–Trinajstić information content (AvgIpc) is 2.55. The van der Waals surface area contributed by atoms with Crippen molar-refractivity contribution in [2.45, 2.75) is 20.8 Å². The fourth-order valence-corrected chi connectivity index (χ4v) is 2.11. The molecule has 0 atom stereocenters. The molecular weight excluding hydrogens is 212 g/mol. The molecule has 2 rings (SSSR count). The third-order valence-corrected chi connectivity index (χ3v) is 2.94. The van der Waals surface area contributed by atoms with Crippen molar-refractivity contribution < 1.29 is 4.79 Å². The number of ketones is 1. The van der Waals surface area contributed by atoms with Gasteiger partial charge in [-0.3, -0.25) is 9.48 Å². The zero-order chi connectivity index (χ0) is 12.6. The van der Waals surface area contributed by atoms with Gasteiger partial charge in [-0.15, -0.1) is 0 Å². The number of benzene rings is 1. The van der Waals surface area contributed by atoms with Gasteiger partial charge in [0.1, 0.15) is 5.69 Å². The van der Waals surface area contributed by atoms with Crippen LogP contribution in [0.15, 0.2) is 24.3 Å². The van der Waals surface area contributed by atoms with E-state index >= 15 is 0 Å². The maximum atomic E-state index is 11.5. The molecule has 0 N–H and O–H groups in total. The molecule has 0 fully saturated rings. The number of aromatic nitrogens is 2. The lowest BCUT2D eigenvalue weighted by Gasteiger charge is -1.99. The highest BCUT2D eigenvalue weighted by Gasteiger charge is 2.16. The Hall–Kier alpha value is -1.90. The van der Waals surface area contributed by atoms with Crippen molar-refractivity contribution in [1.29, 1.82) is 0 Å². The lowest BCUT2D eigenvalue weighted by atomic mass is 10.0. The molecular formula is C14H16N2O. The first kappa shape index (κ1) is 11.6. The van der Waals surface area contributed by atoms with E-state index in [2.05, 4.69) is 24.2 Å². The Morgan fingerprint density at radius 1 is 1.18 bits per heavy atom. The Balaban J connectivity index is 2.57. The Kier molecular flexibility index (Phi) is 2.84. The van der Waals surface area contributed by atoms with Crippen LogP contribution in [0, 0.1) is 13.8 Å². The van der Waals surface area contributed by atoms with E-state index in [-0.39, 0.29) is 5.78 Å². The highest BCUT2D eigenvalue weighted by molar-refractivity contribution is 5.95. The predicted molar refractivity (Wildman–Crippen MR) is 68.1 cm³/mol. The summed E-state index contributed by atoms with van der Waals surface area (Å²) in [6.45, 7) is 5.57. The van der Waals surface area contributed by atoms with Crippen LogP contribution in [0.4, 0.5) is 0 Å². The van der Waals surface area contributed by atoms with E-state index in [1.165, 1.54) is 5.56 Å². The summed E-state index contributed by atoms with van der Waals surface area (Å²) in [5.41, 5.74) is 4.78. The minimum absolute atomic E-state index is 0.0517. The molecule has 0 saturated heterocycles. The van der Waals surface area contributed by atoms with Gasteiger partial charge in [-0.25, -0.2) is 0 Å². The van der Waals surface area contributed by atoms with Crippen LogP contribution in [0.2, 0.25) is 0 Å². The highest BCUT2D eigenvalue weighted by Crippen LogP contribution is 2.24. The standard InChI is InChI=1S/C14H16N2O/c1-9-5-7-12(8-6-9)13-10(2)14(11(3)17)16(4)15-13/h5-8H,1-4H3. The van der Waals surface area contributed by atoms with Gasteiger partial charge in [-0.2, -0.15) is 5.10 Å². The van der Waals surface area contributed by atoms with Crippen molar-refractivity contribution in [2.24, 2.45) is 7.05 Å². The number of aryl methyl sites for hydroxylation is 2. The molecule has 3 heteroatoms. The summed E-state index contributed by atoms with van der Waals surface area (Å²) in [7, 11) is 1.81. The number of nitrogens with zero attached hydrogens (tertiary/aromatic N) is 2. The van der Waals surface area contributed by atoms with Crippen LogP contribution in [-0.2, 0) is 7.05 Å². The molecule has 1 heterocycles. The maximum Gasteiger partial charge on any atom is 0.178 e. The molecule has 0 bridgehead atoms. The van der Waals surface area contributed by atoms with Crippen LogP contribution < -0.4 is 0 Å². The van der Waals surface area contributed by atoms with Gasteiger partial charge in [0.15, 0.2) is 5.78 Å². The fourth-order valence-electron chi connectivity index (χ4n) is 2.11. The molecule has 0 aliphatic carbocycles. The normalized spacial score (nSPS) is 10.6. The predicted octanol–water partition coefficient (Wildman–Crippen LogP) is 2.91. The van der Waals surface area contributed by atoms with Crippen LogP contribution >= 0.6 is 0 Å². The van der Waals surface area contributed by atoms with Gasteiger partial charge in [-0.05, 0) is 13.8 Å². The number of carbonyl (C=O) groups excluding carboxylic acids is 1. The van der Waals surface area contributed by atoms with Crippen molar-refractivity contribution in [3.63, 3.8) is 0 Å². The highest BCUT2D eigenvalue weighted by atomic mass is 16.1. The SMILES string of the molecule is CC(=O)c1c(C)c(-c2ccc(C)cc2)nn1C. The van der Waals surface area contributed by atoms with Crippen molar-refractivity contribution in [3.05, 3.63) is 41.1 Å². The van der Waals surface area contributed by atoms with Gasteiger partial charge in [0, 0.05) is 25.1 Å².